The van der Waals surface area contributed by atoms with Crippen LogP contribution in [-0.2, 0) is 16.1 Å². The summed E-state index contributed by atoms with van der Waals surface area (Å²) < 4.78 is 39.0. The normalized spacial score (nSPS) is 16.3. The first-order valence-electron chi connectivity index (χ1n) is 8.16. The highest BCUT2D eigenvalue weighted by Crippen LogP contribution is 2.32. The van der Waals surface area contributed by atoms with Crippen molar-refractivity contribution in [2.24, 2.45) is 0 Å². The lowest BCUT2D eigenvalue weighted by atomic mass is 9.96. The second-order valence-corrected chi connectivity index (χ2v) is 6.20. The first-order valence-corrected chi connectivity index (χ1v) is 8.16. The molecule has 2 rings (SSSR count). The highest BCUT2D eigenvalue weighted by Gasteiger charge is 2.49. The SMILES string of the molecule is CCCn1cnc(N)c(NC(=O)C2(NC(=O)C(F)(F)F)CCCC2)c1=O. The van der Waals surface area contributed by atoms with Crippen molar-refractivity contribution in [2.45, 2.75) is 57.3 Å². The van der Waals surface area contributed by atoms with Gasteiger partial charge in [-0.3, -0.25) is 19.0 Å². The zero-order valence-electron chi connectivity index (χ0n) is 14.2. The fraction of sp³-hybridized carbons (Fsp3) is 0.600. The number of alkyl halides is 3. The molecule has 0 saturated heterocycles. The summed E-state index contributed by atoms with van der Waals surface area (Å²) in [5, 5.41) is 4.06. The lowest BCUT2D eigenvalue weighted by Crippen LogP contribution is -2.58. The molecule has 1 fully saturated rings. The molecule has 0 spiro atoms. The molecule has 8 nitrogen and oxygen atoms in total. The molecule has 0 aliphatic heterocycles. The molecule has 4 N–H and O–H groups in total. The molecule has 26 heavy (non-hydrogen) atoms. The number of carbonyl (C=O) groups is 2. The van der Waals surface area contributed by atoms with Gasteiger partial charge >= 0.3 is 12.1 Å². The van der Waals surface area contributed by atoms with Gasteiger partial charge < -0.3 is 16.4 Å². The average Bonchev–Trinajstić information content (AvgIpc) is 3.03. The lowest BCUT2D eigenvalue weighted by Gasteiger charge is -2.29. The monoisotopic (exact) mass is 375 g/mol. The Balaban J connectivity index is 2.30. The number of nitrogens with one attached hydrogen (secondary N) is 2. The summed E-state index contributed by atoms with van der Waals surface area (Å²) in [7, 11) is 0. The van der Waals surface area contributed by atoms with Gasteiger partial charge in [-0.05, 0) is 19.3 Å². The summed E-state index contributed by atoms with van der Waals surface area (Å²) in [5.41, 5.74) is 2.99. The highest BCUT2D eigenvalue weighted by molar-refractivity contribution is 6.02. The number of hydrogen-bond donors (Lipinski definition) is 3. The first-order chi connectivity index (χ1) is 12.1. The van der Waals surface area contributed by atoms with E-state index >= 15 is 0 Å². The van der Waals surface area contributed by atoms with Gasteiger partial charge in [-0.25, -0.2) is 4.98 Å². The van der Waals surface area contributed by atoms with Crippen LogP contribution in [0.1, 0.15) is 39.0 Å². The van der Waals surface area contributed by atoms with Crippen molar-refractivity contribution in [3.63, 3.8) is 0 Å². The summed E-state index contributed by atoms with van der Waals surface area (Å²) in [6.07, 6.45) is -2.26. The van der Waals surface area contributed by atoms with E-state index in [1.165, 1.54) is 10.9 Å². The van der Waals surface area contributed by atoms with Gasteiger partial charge in [0.1, 0.15) is 11.2 Å². The van der Waals surface area contributed by atoms with Gasteiger partial charge in [0.15, 0.2) is 5.82 Å². The van der Waals surface area contributed by atoms with Crippen molar-refractivity contribution in [3.8, 4) is 0 Å². The van der Waals surface area contributed by atoms with Gasteiger partial charge in [0.25, 0.3) is 5.56 Å². The summed E-state index contributed by atoms with van der Waals surface area (Å²) in [5.74, 6) is -3.35. The van der Waals surface area contributed by atoms with Crippen molar-refractivity contribution in [2.75, 3.05) is 11.1 Å². The molecule has 1 aliphatic carbocycles. The number of nitrogens with two attached hydrogens (primary N) is 1. The summed E-state index contributed by atoms with van der Waals surface area (Å²) >= 11 is 0. The molecule has 1 aromatic heterocycles. The van der Waals surface area contributed by atoms with Crippen molar-refractivity contribution >= 4 is 23.3 Å². The Kier molecular flexibility index (Phi) is 5.57. The number of carbonyl (C=O) groups excluding carboxylic acids is 2. The van der Waals surface area contributed by atoms with Crippen LogP contribution in [0.25, 0.3) is 0 Å². The molecule has 11 heteroatoms. The van der Waals surface area contributed by atoms with Crippen molar-refractivity contribution in [3.05, 3.63) is 16.7 Å². The van der Waals surface area contributed by atoms with Gasteiger partial charge in [0.05, 0.1) is 6.33 Å². The molecule has 1 aromatic rings. The van der Waals surface area contributed by atoms with E-state index in [4.69, 9.17) is 5.73 Å². The average molecular weight is 375 g/mol. The van der Waals surface area contributed by atoms with Crippen LogP contribution in [0, 0.1) is 0 Å². The second kappa shape index (κ2) is 7.34. The molecule has 0 bridgehead atoms. The quantitative estimate of drug-likeness (QED) is 0.714. The number of rotatable bonds is 5. The zero-order chi connectivity index (χ0) is 19.5. The van der Waals surface area contributed by atoms with E-state index in [-0.39, 0.29) is 24.3 Å². The third kappa shape index (κ3) is 3.97. The van der Waals surface area contributed by atoms with Gasteiger partial charge in [0.2, 0.25) is 5.91 Å². The smallest absolute Gasteiger partial charge is 0.382 e. The standard InChI is InChI=1S/C15H20F3N5O3/c1-2-7-23-8-20-10(19)9(11(23)24)21-12(25)14(5-3-4-6-14)22-13(26)15(16,17)18/h8H,2-7,19H2,1H3,(H,21,25)(H,22,26). The zero-order valence-corrected chi connectivity index (χ0v) is 14.2. The van der Waals surface area contributed by atoms with E-state index in [0.717, 1.165) is 0 Å². The van der Waals surface area contributed by atoms with Crippen LogP contribution in [0.15, 0.2) is 11.1 Å². The van der Waals surface area contributed by atoms with Crippen LogP contribution >= 0.6 is 0 Å². The maximum absolute atomic E-state index is 12.6. The van der Waals surface area contributed by atoms with Gasteiger partial charge in [-0.2, -0.15) is 13.2 Å². The number of anilines is 2. The van der Waals surface area contributed by atoms with Crippen LogP contribution < -0.4 is 21.9 Å². The number of aromatic nitrogens is 2. The maximum atomic E-state index is 12.6. The van der Waals surface area contributed by atoms with E-state index < -0.39 is 29.1 Å². The molecular formula is C15H20F3N5O3. The number of halogens is 3. The van der Waals surface area contributed by atoms with E-state index in [1.54, 1.807) is 5.32 Å². The summed E-state index contributed by atoms with van der Waals surface area (Å²) in [4.78, 5) is 40.2. The van der Waals surface area contributed by atoms with Crippen molar-refractivity contribution in [1.82, 2.24) is 14.9 Å². The number of amides is 2. The second-order valence-electron chi connectivity index (χ2n) is 6.20. The summed E-state index contributed by atoms with van der Waals surface area (Å²) in [6.45, 7) is 2.17. The molecule has 1 saturated carbocycles. The Morgan fingerprint density at radius 2 is 1.96 bits per heavy atom. The molecule has 1 aliphatic rings. The topological polar surface area (TPSA) is 119 Å². The third-order valence-corrected chi connectivity index (χ3v) is 4.27. The number of hydrogen-bond acceptors (Lipinski definition) is 5. The minimum absolute atomic E-state index is 0.0317. The Morgan fingerprint density at radius 1 is 1.35 bits per heavy atom. The van der Waals surface area contributed by atoms with Gasteiger partial charge in [-0.1, -0.05) is 19.8 Å². The van der Waals surface area contributed by atoms with Crippen LogP contribution in [-0.4, -0.2) is 33.1 Å². The molecule has 1 heterocycles. The molecule has 144 valence electrons. The number of aryl methyl sites for hydroxylation is 1. The molecule has 0 aromatic carbocycles. The van der Waals surface area contributed by atoms with Crippen LogP contribution in [0.5, 0.6) is 0 Å². The van der Waals surface area contributed by atoms with Crippen molar-refractivity contribution < 1.29 is 22.8 Å². The number of nitrogen functional groups attached to an aromatic ring is 1. The van der Waals surface area contributed by atoms with E-state index in [9.17, 15) is 27.6 Å². The fourth-order valence-corrected chi connectivity index (χ4v) is 2.93. The van der Waals surface area contributed by atoms with E-state index in [2.05, 4.69) is 10.3 Å². The Labute approximate surface area is 147 Å². The molecule has 0 unspecified atom stereocenters. The first kappa shape index (κ1) is 19.7. The van der Waals surface area contributed by atoms with Gasteiger partial charge in [0, 0.05) is 6.54 Å². The van der Waals surface area contributed by atoms with E-state index in [0.29, 0.717) is 25.8 Å². The maximum Gasteiger partial charge on any atom is 0.471 e. The minimum Gasteiger partial charge on any atom is -0.382 e. The Hall–Kier alpha value is -2.59. The van der Waals surface area contributed by atoms with Crippen molar-refractivity contribution in [1.29, 1.82) is 0 Å². The van der Waals surface area contributed by atoms with Crippen LogP contribution in [0.3, 0.4) is 0 Å². The summed E-state index contributed by atoms with van der Waals surface area (Å²) in [6, 6.07) is 0. The molecule has 0 atom stereocenters. The van der Waals surface area contributed by atoms with Crippen LogP contribution in [0.2, 0.25) is 0 Å². The van der Waals surface area contributed by atoms with Gasteiger partial charge in [-0.15, -0.1) is 0 Å². The van der Waals surface area contributed by atoms with Crippen LogP contribution in [0.4, 0.5) is 24.7 Å². The third-order valence-electron chi connectivity index (χ3n) is 4.27. The van der Waals surface area contributed by atoms with E-state index in [1.807, 2.05) is 6.92 Å². The highest BCUT2D eigenvalue weighted by atomic mass is 19.4. The Morgan fingerprint density at radius 3 is 2.50 bits per heavy atom. The molecule has 0 radical (unpaired) electrons. The molecule has 2 amide bonds. The minimum atomic E-state index is -5.11. The number of nitrogens with zero attached hydrogens (tertiary/aromatic N) is 2. The fourth-order valence-electron chi connectivity index (χ4n) is 2.93. The lowest BCUT2D eigenvalue weighted by molar-refractivity contribution is -0.176. The predicted octanol–water partition coefficient (Wildman–Crippen LogP) is 1.17. The largest absolute Gasteiger partial charge is 0.471 e. The molecular weight excluding hydrogens is 355 g/mol. The Bertz CT molecular complexity index is 754. The predicted molar refractivity (Wildman–Crippen MR) is 87.2 cm³/mol.